The van der Waals surface area contributed by atoms with Crippen molar-refractivity contribution in [3.63, 3.8) is 0 Å². The van der Waals surface area contributed by atoms with Crippen LogP contribution in [0.1, 0.15) is 18.7 Å². The lowest BCUT2D eigenvalue weighted by atomic mass is 10.2. The first-order chi connectivity index (χ1) is 14.2. The molecule has 1 unspecified atom stereocenters. The number of ether oxygens (including phenoxy) is 2. The lowest BCUT2D eigenvalue weighted by molar-refractivity contribution is 0.120. The summed E-state index contributed by atoms with van der Waals surface area (Å²) in [6.07, 6.45) is 2.40. The summed E-state index contributed by atoms with van der Waals surface area (Å²) >= 11 is 0. The molecule has 1 atom stereocenters. The molecule has 2 fully saturated rings. The maximum absolute atomic E-state index is 5.90. The van der Waals surface area contributed by atoms with Gasteiger partial charge in [-0.3, -0.25) is 4.90 Å². The molecule has 3 heterocycles. The van der Waals surface area contributed by atoms with Crippen LogP contribution >= 0.6 is 0 Å². The Labute approximate surface area is 171 Å². The monoisotopic (exact) mass is 399 g/mol. The number of methoxy groups -OCH3 is 1. The summed E-state index contributed by atoms with van der Waals surface area (Å²) in [4.78, 5) is 17.8. The van der Waals surface area contributed by atoms with Crippen LogP contribution in [0, 0.1) is 0 Å². The smallest absolute Gasteiger partial charge is 0.227 e. The van der Waals surface area contributed by atoms with Crippen molar-refractivity contribution in [2.24, 2.45) is 0 Å². The number of anilines is 3. The topological polar surface area (TPSA) is 102 Å². The first-order valence-electron chi connectivity index (χ1n) is 10.2. The third-order valence-electron chi connectivity index (χ3n) is 5.37. The van der Waals surface area contributed by atoms with E-state index >= 15 is 0 Å². The molecule has 4 rings (SSSR count). The summed E-state index contributed by atoms with van der Waals surface area (Å²) in [6, 6.07) is 8.19. The zero-order valence-electron chi connectivity index (χ0n) is 16.9. The number of aromatic nitrogens is 3. The standard InChI is InChI=1S/C20H29N7O2/c1-28-16-5-2-4-15(12-16)27-9-7-26(8-10-27)14-18-23-19(21)25-20(24-18)22-13-17-6-3-11-29-17/h2,4-5,12,17H,3,6-11,13-14H2,1H3,(H3,21,22,23,24,25). The summed E-state index contributed by atoms with van der Waals surface area (Å²) in [5.41, 5.74) is 7.09. The second-order valence-corrected chi connectivity index (χ2v) is 7.41. The second kappa shape index (κ2) is 9.23. The molecule has 2 aliphatic rings. The van der Waals surface area contributed by atoms with E-state index in [-0.39, 0.29) is 12.1 Å². The summed E-state index contributed by atoms with van der Waals surface area (Å²) in [5, 5.41) is 3.24. The summed E-state index contributed by atoms with van der Waals surface area (Å²) in [5.74, 6) is 2.36. The molecule has 2 saturated heterocycles. The highest BCUT2D eigenvalue weighted by Gasteiger charge is 2.20. The fourth-order valence-corrected chi connectivity index (χ4v) is 3.77. The van der Waals surface area contributed by atoms with Gasteiger partial charge in [-0.05, 0) is 25.0 Å². The molecule has 9 heteroatoms. The van der Waals surface area contributed by atoms with E-state index in [0.29, 0.717) is 24.9 Å². The Bertz CT molecular complexity index is 805. The Balaban J connectivity index is 1.31. The van der Waals surface area contributed by atoms with Crippen LogP contribution in [0.5, 0.6) is 5.75 Å². The Hall–Kier alpha value is -2.65. The van der Waals surface area contributed by atoms with Crippen LogP contribution in [-0.4, -0.2) is 72.4 Å². The number of benzene rings is 1. The third kappa shape index (κ3) is 5.24. The normalized spacial score (nSPS) is 20.0. The van der Waals surface area contributed by atoms with Gasteiger partial charge < -0.3 is 25.4 Å². The zero-order chi connectivity index (χ0) is 20.1. The average molecular weight is 399 g/mol. The third-order valence-corrected chi connectivity index (χ3v) is 5.37. The Morgan fingerprint density at radius 3 is 2.83 bits per heavy atom. The first kappa shape index (κ1) is 19.7. The minimum atomic E-state index is 0.223. The molecule has 9 nitrogen and oxygen atoms in total. The van der Waals surface area contributed by atoms with Crippen molar-refractivity contribution in [2.45, 2.75) is 25.5 Å². The van der Waals surface area contributed by atoms with Crippen molar-refractivity contribution in [2.75, 3.05) is 62.4 Å². The Morgan fingerprint density at radius 1 is 1.21 bits per heavy atom. The van der Waals surface area contributed by atoms with Crippen molar-refractivity contribution >= 4 is 17.6 Å². The summed E-state index contributed by atoms with van der Waals surface area (Å²) in [6.45, 7) is 5.94. The van der Waals surface area contributed by atoms with E-state index in [2.05, 4.69) is 42.2 Å². The molecule has 0 bridgehead atoms. The summed E-state index contributed by atoms with van der Waals surface area (Å²) < 4.78 is 11.0. The van der Waals surface area contributed by atoms with Gasteiger partial charge in [0.25, 0.3) is 0 Å². The highest BCUT2D eigenvalue weighted by atomic mass is 16.5. The molecule has 0 spiro atoms. The molecule has 1 aromatic heterocycles. The second-order valence-electron chi connectivity index (χ2n) is 7.41. The van der Waals surface area contributed by atoms with E-state index in [1.165, 1.54) is 5.69 Å². The molecule has 2 aromatic rings. The molecule has 156 valence electrons. The minimum absolute atomic E-state index is 0.223. The molecule has 0 amide bonds. The van der Waals surface area contributed by atoms with Crippen LogP contribution in [0.15, 0.2) is 24.3 Å². The van der Waals surface area contributed by atoms with Crippen molar-refractivity contribution in [1.82, 2.24) is 19.9 Å². The van der Waals surface area contributed by atoms with Gasteiger partial charge in [-0.1, -0.05) is 6.07 Å². The van der Waals surface area contributed by atoms with Crippen molar-refractivity contribution in [1.29, 1.82) is 0 Å². The van der Waals surface area contributed by atoms with E-state index in [4.69, 9.17) is 15.2 Å². The van der Waals surface area contributed by atoms with Gasteiger partial charge >= 0.3 is 0 Å². The van der Waals surface area contributed by atoms with Gasteiger partial charge in [-0.15, -0.1) is 0 Å². The van der Waals surface area contributed by atoms with Crippen molar-refractivity contribution < 1.29 is 9.47 Å². The van der Waals surface area contributed by atoms with Crippen molar-refractivity contribution in [3.8, 4) is 5.75 Å². The van der Waals surface area contributed by atoms with Crippen LogP contribution in [0.25, 0.3) is 0 Å². The lowest BCUT2D eigenvalue weighted by Crippen LogP contribution is -2.46. The van der Waals surface area contributed by atoms with E-state index < -0.39 is 0 Å². The van der Waals surface area contributed by atoms with Crippen LogP contribution < -0.4 is 20.7 Å². The number of nitrogens with one attached hydrogen (secondary N) is 1. The predicted molar refractivity (Wildman–Crippen MR) is 112 cm³/mol. The number of hydrogen-bond acceptors (Lipinski definition) is 9. The number of hydrogen-bond donors (Lipinski definition) is 2. The maximum Gasteiger partial charge on any atom is 0.227 e. The van der Waals surface area contributed by atoms with Gasteiger partial charge in [0.1, 0.15) is 11.6 Å². The number of nitrogen functional groups attached to an aromatic ring is 1. The molecule has 0 aliphatic carbocycles. The average Bonchev–Trinajstić information content (AvgIpc) is 3.26. The predicted octanol–water partition coefficient (Wildman–Crippen LogP) is 1.38. The molecule has 29 heavy (non-hydrogen) atoms. The number of nitrogens with two attached hydrogens (primary N) is 1. The van der Waals surface area contributed by atoms with Gasteiger partial charge in [-0.2, -0.15) is 15.0 Å². The quantitative estimate of drug-likeness (QED) is 0.715. The Kier molecular flexibility index (Phi) is 6.26. The molecule has 0 saturated carbocycles. The highest BCUT2D eigenvalue weighted by Crippen LogP contribution is 2.22. The first-order valence-corrected chi connectivity index (χ1v) is 10.2. The van der Waals surface area contributed by atoms with Gasteiger partial charge in [0.15, 0.2) is 0 Å². The van der Waals surface area contributed by atoms with E-state index in [1.807, 2.05) is 12.1 Å². The van der Waals surface area contributed by atoms with E-state index in [0.717, 1.165) is 51.4 Å². The van der Waals surface area contributed by atoms with Crippen molar-refractivity contribution in [3.05, 3.63) is 30.1 Å². The highest BCUT2D eigenvalue weighted by molar-refractivity contribution is 5.51. The molecule has 3 N–H and O–H groups in total. The fraction of sp³-hybridized carbons (Fsp3) is 0.550. The zero-order valence-corrected chi connectivity index (χ0v) is 16.9. The minimum Gasteiger partial charge on any atom is -0.497 e. The van der Waals surface area contributed by atoms with Crippen LogP contribution in [-0.2, 0) is 11.3 Å². The van der Waals surface area contributed by atoms with Crippen LogP contribution in [0.2, 0.25) is 0 Å². The molecule has 1 aromatic carbocycles. The van der Waals surface area contributed by atoms with Gasteiger partial charge in [0.05, 0.1) is 19.8 Å². The molecular formula is C20H29N7O2. The SMILES string of the molecule is COc1cccc(N2CCN(Cc3nc(N)nc(NCC4CCCO4)n3)CC2)c1. The lowest BCUT2D eigenvalue weighted by Gasteiger charge is -2.35. The molecular weight excluding hydrogens is 370 g/mol. The van der Waals surface area contributed by atoms with Crippen LogP contribution in [0.3, 0.4) is 0 Å². The van der Waals surface area contributed by atoms with E-state index in [9.17, 15) is 0 Å². The van der Waals surface area contributed by atoms with Gasteiger partial charge in [0, 0.05) is 51.1 Å². The largest absolute Gasteiger partial charge is 0.497 e. The Morgan fingerprint density at radius 2 is 2.07 bits per heavy atom. The maximum atomic E-state index is 5.90. The summed E-state index contributed by atoms with van der Waals surface area (Å²) in [7, 11) is 1.70. The van der Waals surface area contributed by atoms with Gasteiger partial charge in [0.2, 0.25) is 11.9 Å². The number of rotatable bonds is 7. The number of nitrogens with zero attached hydrogens (tertiary/aromatic N) is 5. The fourth-order valence-electron chi connectivity index (χ4n) is 3.77. The molecule has 2 aliphatic heterocycles. The number of piperazine rings is 1. The van der Waals surface area contributed by atoms with E-state index in [1.54, 1.807) is 7.11 Å². The van der Waals surface area contributed by atoms with Crippen LogP contribution in [0.4, 0.5) is 17.6 Å². The van der Waals surface area contributed by atoms with Gasteiger partial charge in [-0.25, -0.2) is 0 Å². The molecule has 0 radical (unpaired) electrons.